The summed E-state index contributed by atoms with van der Waals surface area (Å²) >= 11 is 0. The zero-order valence-electron chi connectivity index (χ0n) is 17.0. The topological polar surface area (TPSA) is 125 Å². The van der Waals surface area contributed by atoms with E-state index in [9.17, 15) is 4.79 Å². The highest BCUT2D eigenvalue weighted by Gasteiger charge is 2.22. The van der Waals surface area contributed by atoms with Gasteiger partial charge >= 0.3 is 0 Å². The van der Waals surface area contributed by atoms with Gasteiger partial charge in [-0.15, -0.1) is 0 Å². The standard InChI is InChI=1S/C21H21N7O3/c1-2-28-18-15(11-23-12-16(18)24-20(28)17-19(22)26-31-25-17)13-4-3-5-14(10-13)21(29)27-6-8-30-9-7-27/h3-5,10-12H,2,6-9H2,1H3,(H2,22,26). The van der Waals surface area contributed by atoms with Gasteiger partial charge in [0.05, 0.1) is 24.9 Å². The van der Waals surface area contributed by atoms with Crippen LogP contribution >= 0.6 is 0 Å². The Balaban J connectivity index is 1.62. The summed E-state index contributed by atoms with van der Waals surface area (Å²) in [6.45, 7) is 4.96. The molecule has 4 aromatic rings. The molecule has 1 fully saturated rings. The average Bonchev–Trinajstić information content (AvgIpc) is 3.41. The van der Waals surface area contributed by atoms with Gasteiger partial charge in [0.15, 0.2) is 17.3 Å². The summed E-state index contributed by atoms with van der Waals surface area (Å²) in [4.78, 5) is 23.8. The molecule has 0 atom stereocenters. The second-order valence-electron chi connectivity index (χ2n) is 7.22. The van der Waals surface area contributed by atoms with Gasteiger partial charge in [0.25, 0.3) is 5.91 Å². The van der Waals surface area contributed by atoms with Crippen molar-refractivity contribution in [1.29, 1.82) is 0 Å². The fourth-order valence-electron chi connectivity index (χ4n) is 3.91. The number of nitrogens with zero attached hydrogens (tertiary/aromatic N) is 6. The summed E-state index contributed by atoms with van der Waals surface area (Å²) < 4.78 is 12.1. The van der Waals surface area contributed by atoms with Gasteiger partial charge in [0, 0.05) is 37.0 Å². The van der Waals surface area contributed by atoms with E-state index in [-0.39, 0.29) is 11.7 Å². The van der Waals surface area contributed by atoms with E-state index in [0.29, 0.717) is 55.4 Å². The van der Waals surface area contributed by atoms with Gasteiger partial charge in [-0.25, -0.2) is 9.61 Å². The van der Waals surface area contributed by atoms with Gasteiger partial charge in [0.1, 0.15) is 5.52 Å². The van der Waals surface area contributed by atoms with Crippen LogP contribution in [0.4, 0.5) is 5.82 Å². The van der Waals surface area contributed by atoms with Crippen LogP contribution in [0.5, 0.6) is 0 Å². The molecule has 0 saturated carbocycles. The van der Waals surface area contributed by atoms with Crippen molar-refractivity contribution in [3.63, 3.8) is 0 Å². The fraction of sp³-hybridized carbons (Fsp3) is 0.286. The molecule has 2 N–H and O–H groups in total. The zero-order chi connectivity index (χ0) is 21.4. The number of benzene rings is 1. The van der Waals surface area contributed by atoms with E-state index in [1.165, 1.54) is 0 Å². The lowest BCUT2D eigenvalue weighted by molar-refractivity contribution is 0.0303. The van der Waals surface area contributed by atoms with Crippen LogP contribution in [0, 0.1) is 0 Å². The first kappa shape index (κ1) is 19.2. The lowest BCUT2D eigenvalue weighted by Crippen LogP contribution is -2.40. The van der Waals surface area contributed by atoms with Crippen molar-refractivity contribution in [2.75, 3.05) is 32.0 Å². The van der Waals surface area contributed by atoms with E-state index in [2.05, 4.69) is 20.3 Å². The van der Waals surface area contributed by atoms with Gasteiger partial charge in [-0.1, -0.05) is 12.1 Å². The molecule has 0 unspecified atom stereocenters. The molecule has 0 radical (unpaired) electrons. The normalized spacial score (nSPS) is 14.3. The Hall–Kier alpha value is -3.79. The van der Waals surface area contributed by atoms with Crippen molar-refractivity contribution in [3.8, 4) is 22.6 Å². The van der Waals surface area contributed by atoms with Crippen molar-refractivity contribution in [1.82, 2.24) is 29.7 Å². The number of aryl methyl sites for hydroxylation is 1. The smallest absolute Gasteiger partial charge is 0.254 e. The second-order valence-corrected chi connectivity index (χ2v) is 7.22. The van der Waals surface area contributed by atoms with Crippen LogP contribution in [0.2, 0.25) is 0 Å². The highest BCUT2D eigenvalue weighted by atomic mass is 16.6. The van der Waals surface area contributed by atoms with E-state index < -0.39 is 0 Å². The largest absolute Gasteiger partial charge is 0.379 e. The number of imidazole rings is 1. The van der Waals surface area contributed by atoms with E-state index in [1.54, 1.807) is 12.4 Å². The fourth-order valence-corrected chi connectivity index (χ4v) is 3.91. The number of hydrogen-bond donors (Lipinski definition) is 1. The highest BCUT2D eigenvalue weighted by molar-refractivity contribution is 5.98. The number of amides is 1. The minimum absolute atomic E-state index is 0.00332. The number of carbonyl (C=O) groups excluding carboxylic acids is 1. The molecule has 10 nitrogen and oxygen atoms in total. The van der Waals surface area contributed by atoms with Crippen molar-refractivity contribution < 1.29 is 14.2 Å². The van der Waals surface area contributed by atoms with Crippen LogP contribution in [0.15, 0.2) is 41.3 Å². The molecule has 0 aliphatic carbocycles. The number of aromatic nitrogens is 5. The number of fused-ring (bicyclic) bond motifs is 1. The maximum Gasteiger partial charge on any atom is 0.254 e. The molecule has 31 heavy (non-hydrogen) atoms. The summed E-state index contributed by atoms with van der Waals surface area (Å²) in [5, 5.41) is 7.57. The third kappa shape index (κ3) is 3.30. The Morgan fingerprint density at radius 1 is 1.19 bits per heavy atom. The number of anilines is 1. The van der Waals surface area contributed by atoms with Gasteiger partial charge in [-0.3, -0.25) is 9.78 Å². The molecule has 1 amide bonds. The number of morpholine rings is 1. The minimum atomic E-state index is -0.00332. The van der Waals surface area contributed by atoms with Crippen LogP contribution in [0.1, 0.15) is 17.3 Å². The maximum atomic E-state index is 13.0. The SMILES string of the molecule is CCn1c(-c2nonc2N)nc2cncc(-c3cccc(C(=O)N4CCOCC4)c3)c21. The molecular formula is C21H21N7O3. The first-order chi connectivity index (χ1) is 15.2. The molecule has 0 spiro atoms. The van der Waals surface area contributed by atoms with Crippen molar-refractivity contribution in [2.45, 2.75) is 13.5 Å². The predicted octanol–water partition coefficient (Wildman–Crippen LogP) is 2.22. The molecule has 158 valence electrons. The van der Waals surface area contributed by atoms with Crippen molar-refractivity contribution in [2.24, 2.45) is 0 Å². The Morgan fingerprint density at radius 2 is 2.03 bits per heavy atom. The van der Waals surface area contributed by atoms with E-state index in [4.69, 9.17) is 15.1 Å². The van der Waals surface area contributed by atoms with Crippen LogP contribution < -0.4 is 5.73 Å². The molecule has 10 heteroatoms. The molecule has 1 aromatic carbocycles. The van der Waals surface area contributed by atoms with Crippen LogP contribution in [0.25, 0.3) is 33.7 Å². The first-order valence-corrected chi connectivity index (χ1v) is 10.1. The molecule has 4 heterocycles. The van der Waals surface area contributed by atoms with E-state index >= 15 is 0 Å². The van der Waals surface area contributed by atoms with Gasteiger partial charge in [0.2, 0.25) is 0 Å². The number of hydrogen-bond acceptors (Lipinski definition) is 8. The minimum Gasteiger partial charge on any atom is -0.379 e. The number of rotatable bonds is 4. The first-order valence-electron chi connectivity index (χ1n) is 10.1. The third-order valence-electron chi connectivity index (χ3n) is 5.41. The summed E-state index contributed by atoms with van der Waals surface area (Å²) in [6.07, 6.45) is 3.48. The predicted molar refractivity (Wildman–Crippen MR) is 113 cm³/mol. The van der Waals surface area contributed by atoms with E-state index in [0.717, 1.165) is 16.6 Å². The van der Waals surface area contributed by atoms with E-state index in [1.807, 2.05) is 40.7 Å². The number of pyridine rings is 1. The monoisotopic (exact) mass is 419 g/mol. The maximum absolute atomic E-state index is 13.0. The van der Waals surface area contributed by atoms with Gasteiger partial charge in [-0.2, -0.15) is 0 Å². The van der Waals surface area contributed by atoms with Crippen molar-refractivity contribution in [3.05, 3.63) is 42.2 Å². The van der Waals surface area contributed by atoms with Crippen LogP contribution in [0.3, 0.4) is 0 Å². The Morgan fingerprint density at radius 3 is 2.77 bits per heavy atom. The van der Waals surface area contributed by atoms with Crippen LogP contribution in [-0.2, 0) is 11.3 Å². The summed E-state index contributed by atoms with van der Waals surface area (Å²) in [7, 11) is 0. The highest BCUT2D eigenvalue weighted by Crippen LogP contribution is 2.33. The van der Waals surface area contributed by atoms with Crippen molar-refractivity contribution >= 4 is 22.8 Å². The Labute approximate surface area is 177 Å². The Bertz CT molecular complexity index is 1260. The second kappa shape index (κ2) is 7.80. The quantitative estimate of drug-likeness (QED) is 0.534. The Kier molecular flexibility index (Phi) is 4.83. The molecule has 0 bridgehead atoms. The molecule has 1 saturated heterocycles. The summed E-state index contributed by atoms with van der Waals surface area (Å²) in [6, 6.07) is 7.58. The summed E-state index contributed by atoms with van der Waals surface area (Å²) in [5.41, 5.74) is 10.2. The zero-order valence-corrected chi connectivity index (χ0v) is 17.0. The summed E-state index contributed by atoms with van der Waals surface area (Å²) in [5.74, 6) is 0.736. The average molecular weight is 419 g/mol. The van der Waals surface area contributed by atoms with Gasteiger partial charge in [-0.05, 0) is 34.9 Å². The lowest BCUT2D eigenvalue weighted by Gasteiger charge is -2.27. The molecular weight excluding hydrogens is 398 g/mol. The number of ether oxygens (including phenoxy) is 1. The van der Waals surface area contributed by atoms with Crippen LogP contribution in [-0.4, -0.2) is 62.0 Å². The number of carbonyl (C=O) groups is 1. The number of nitrogens with two attached hydrogens (primary N) is 1. The van der Waals surface area contributed by atoms with Gasteiger partial charge < -0.3 is 19.9 Å². The molecule has 3 aromatic heterocycles. The molecule has 1 aliphatic heterocycles. The number of nitrogen functional groups attached to an aromatic ring is 1. The molecule has 5 rings (SSSR count). The lowest BCUT2D eigenvalue weighted by atomic mass is 10.0. The third-order valence-corrected chi connectivity index (χ3v) is 5.41. The molecule has 1 aliphatic rings.